The maximum absolute atomic E-state index is 13.7. The topological polar surface area (TPSA) is 91.0 Å². The van der Waals surface area contributed by atoms with Crippen molar-refractivity contribution in [1.29, 1.82) is 0 Å². The number of carbonyl (C=O) groups excluding carboxylic acids is 3. The summed E-state index contributed by atoms with van der Waals surface area (Å²) in [5.41, 5.74) is 0.571. The molecule has 2 heterocycles. The van der Waals surface area contributed by atoms with Crippen molar-refractivity contribution in [3.63, 3.8) is 0 Å². The van der Waals surface area contributed by atoms with Gasteiger partial charge in [-0.25, -0.2) is 9.18 Å². The number of rotatable bonds is 8. The minimum Gasteiger partial charge on any atom is -0.376 e. The van der Waals surface area contributed by atoms with Crippen LogP contribution in [0.25, 0.3) is 0 Å². The lowest BCUT2D eigenvalue weighted by Crippen LogP contribution is -2.56. The highest BCUT2D eigenvalue weighted by molar-refractivity contribution is 6.07. The zero-order valence-corrected chi connectivity index (χ0v) is 20.0. The number of nitrogens with one attached hydrogen (secondary N) is 2. The minimum absolute atomic E-state index is 0.0227. The predicted molar refractivity (Wildman–Crippen MR) is 129 cm³/mol. The molecular formula is C26H31FN4O4. The third-order valence-electron chi connectivity index (χ3n) is 6.63. The SMILES string of the molecule is C[C@H]1CN(C(=O)[C@@H](COCc2ccccc2)C[C@@]2(C)NC(=O)NC2=O)CCN1c1cccc(F)c1. The van der Waals surface area contributed by atoms with E-state index in [9.17, 15) is 18.8 Å². The van der Waals surface area contributed by atoms with Crippen molar-refractivity contribution in [2.24, 2.45) is 5.92 Å². The fourth-order valence-electron chi connectivity index (χ4n) is 4.78. The molecule has 0 unspecified atom stereocenters. The largest absolute Gasteiger partial charge is 0.376 e. The van der Waals surface area contributed by atoms with Crippen molar-refractivity contribution in [3.8, 4) is 0 Å². The number of benzene rings is 2. The minimum atomic E-state index is -1.19. The Hall–Kier alpha value is -3.46. The van der Waals surface area contributed by atoms with Crippen molar-refractivity contribution < 1.29 is 23.5 Å². The zero-order chi connectivity index (χ0) is 25.0. The Balaban J connectivity index is 1.45. The molecule has 2 N–H and O–H groups in total. The van der Waals surface area contributed by atoms with E-state index in [2.05, 4.69) is 15.5 Å². The van der Waals surface area contributed by atoms with Gasteiger partial charge >= 0.3 is 6.03 Å². The Bertz CT molecular complexity index is 1080. The lowest BCUT2D eigenvalue weighted by atomic mass is 9.88. The number of hydrogen-bond acceptors (Lipinski definition) is 5. The first-order valence-corrected chi connectivity index (χ1v) is 11.8. The van der Waals surface area contributed by atoms with Crippen LogP contribution in [0.2, 0.25) is 0 Å². The molecule has 4 rings (SSSR count). The smallest absolute Gasteiger partial charge is 0.322 e. The molecule has 2 aromatic carbocycles. The van der Waals surface area contributed by atoms with Crippen LogP contribution >= 0.6 is 0 Å². The number of imide groups is 1. The molecule has 0 spiro atoms. The molecule has 2 fully saturated rings. The Kier molecular flexibility index (Phi) is 7.35. The molecule has 0 radical (unpaired) electrons. The van der Waals surface area contributed by atoms with Crippen molar-refractivity contribution >= 4 is 23.5 Å². The van der Waals surface area contributed by atoms with Gasteiger partial charge in [0.15, 0.2) is 0 Å². The van der Waals surface area contributed by atoms with Gasteiger partial charge < -0.3 is 19.9 Å². The van der Waals surface area contributed by atoms with Crippen molar-refractivity contribution in [3.05, 3.63) is 66.0 Å². The second-order valence-corrected chi connectivity index (χ2v) is 9.45. The van der Waals surface area contributed by atoms with Gasteiger partial charge in [-0.15, -0.1) is 0 Å². The van der Waals surface area contributed by atoms with E-state index < -0.39 is 23.4 Å². The van der Waals surface area contributed by atoms with Gasteiger partial charge in [0.05, 0.1) is 19.1 Å². The molecule has 0 saturated carbocycles. The van der Waals surface area contributed by atoms with E-state index in [1.807, 2.05) is 43.3 Å². The first-order valence-electron chi connectivity index (χ1n) is 11.8. The Morgan fingerprint density at radius 1 is 1.17 bits per heavy atom. The fourth-order valence-corrected chi connectivity index (χ4v) is 4.78. The van der Waals surface area contributed by atoms with Crippen LogP contribution < -0.4 is 15.5 Å². The predicted octanol–water partition coefficient (Wildman–Crippen LogP) is 2.68. The number of hydrogen-bond donors (Lipinski definition) is 2. The highest BCUT2D eigenvalue weighted by Crippen LogP contribution is 2.26. The molecule has 9 heteroatoms. The summed E-state index contributed by atoms with van der Waals surface area (Å²) in [6.45, 7) is 5.55. The van der Waals surface area contributed by atoms with E-state index in [0.717, 1.165) is 11.3 Å². The lowest BCUT2D eigenvalue weighted by Gasteiger charge is -2.42. The summed E-state index contributed by atoms with van der Waals surface area (Å²) in [4.78, 5) is 41.7. The molecule has 35 heavy (non-hydrogen) atoms. The molecule has 4 amide bonds. The van der Waals surface area contributed by atoms with E-state index in [1.165, 1.54) is 12.1 Å². The van der Waals surface area contributed by atoms with Gasteiger partial charge in [0, 0.05) is 31.4 Å². The summed E-state index contributed by atoms with van der Waals surface area (Å²) in [6, 6.07) is 15.5. The number of piperazine rings is 1. The number of halogens is 1. The number of ether oxygens (including phenoxy) is 1. The molecule has 0 aliphatic carbocycles. The van der Waals surface area contributed by atoms with Gasteiger partial charge in [0.1, 0.15) is 11.4 Å². The number of anilines is 1. The Labute approximate surface area is 204 Å². The monoisotopic (exact) mass is 482 g/mol. The second kappa shape index (κ2) is 10.4. The van der Waals surface area contributed by atoms with Crippen LogP contribution in [0.1, 0.15) is 25.8 Å². The van der Waals surface area contributed by atoms with E-state index in [-0.39, 0.29) is 30.8 Å². The molecule has 8 nitrogen and oxygen atoms in total. The standard InChI is InChI=1S/C26H31FN4O4/c1-18-15-30(11-12-31(18)22-10-6-9-21(27)13-22)23(32)20(14-26(2)24(33)28-25(34)29-26)17-35-16-19-7-4-3-5-8-19/h3-10,13,18,20H,11-12,14-17H2,1-2H3,(H2,28,29,33,34)/t18-,20+,26+/m0/s1. The summed E-state index contributed by atoms with van der Waals surface area (Å²) in [7, 11) is 0. The third kappa shape index (κ3) is 5.79. The van der Waals surface area contributed by atoms with Crippen LogP contribution in [0.3, 0.4) is 0 Å². The van der Waals surface area contributed by atoms with Crippen LogP contribution in [0, 0.1) is 11.7 Å². The molecule has 2 aromatic rings. The Morgan fingerprint density at radius 2 is 1.94 bits per heavy atom. The highest BCUT2D eigenvalue weighted by atomic mass is 19.1. The molecule has 186 valence electrons. The normalized spacial score (nSPS) is 23.1. The number of amides is 4. The van der Waals surface area contributed by atoms with Crippen molar-refractivity contribution in [2.45, 2.75) is 38.5 Å². The molecular weight excluding hydrogens is 451 g/mol. The van der Waals surface area contributed by atoms with Crippen LogP contribution in [-0.2, 0) is 20.9 Å². The first kappa shape index (κ1) is 24.7. The average Bonchev–Trinajstić information content (AvgIpc) is 3.09. The van der Waals surface area contributed by atoms with Crippen LogP contribution in [-0.4, -0.2) is 60.6 Å². The highest BCUT2D eigenvalue weighted by Gasteiger charge is 2.45. The molecule has 0 bridgehead atoms. The molecule has 3 atom stereocenters. The maximum Gasteiger partial charge on any atom is 0.322 e. The maximum atomic E-state index is 13.7. The molecule has 2 aliphatic heterocycles. The van der Waals surface area contributed by atoms with Gasteiger partial charge in [-0.3, -0.25) is 14.9 Å². The second-order valence-electron chi connectivity index (χ2n) is 9.45. The number of carbonyl (C=O) groups is 3. The summed E-state index contributed by atoms with van der Waals surface area (Å²) < 4.78 is 19.6. The summed E-state index contributed by atoms with van der Waals surface area (Å²) in [5.74, 6) is -1.50. The van der Waals surface area contributed by atoms with Gasteiger partial charge in [-0.2, -0.15) is 0 Å². The summed E-state index contributed by atoms with van der Waals surface area (Å²) in [5, 5.41) is 4.91. The first-order chi connectivity index (χ1) is 16.7. The lowest BCUT2D eigenvalue weighted by molar-refractivity contribution is -0.140. The molecule has 2 aliphatic rings. The van der Waals surface area contributed by atoms with Gasteiger partial charge in [-0.05, 0) is 44.0 Å². The number of urea groups is 1. The van der Waals surface area contributed by atoms with E-state index in [4.69, 9.17) is 4.74 Å². The number of nitrogens with zero attached hydrogens (tertiary/aromatic N) is 2. The zero-order valence-electron chi connectivity index (χ0n) is 20.0. The molecule has 2 saturated heterocycles. The summed E-state index contributed by atoms with van der Waals surface area (Å²) in [6.07, 6.45) is 0.122. The van der Waals surface area contributed by atoms with Gasteiger partial charge in [0.2, 0.25) is 5.91 Å². The van der Waals surface area contributed by atoms with Crippen molar-refractivity contribution in [1.82, 2.24) is 15.5 Å². The summed E-state index contributed by atoms with van der Waals surface area (Å²) >= 11 is 0. The van der Waals surface area contributed by atoms with Crippen LogP contribution in [0.4, 0.5) is 14.9 Å². The van der Waals surface area contributed by atoms with Gasteiger partial charge in [0.25, 0.3) is 5.91 Å². The Morgan fingerprint density at radius 3 is 2.60 bits per heavy atom. The van der Waals surface area contributed by atoms with Crippen LogP contribution in [0.15, 0.2) is 54.6 Å². The van der Waals surface area contributed by atoms with E-state index in [1.54, 1.807) is 17.9 Å². The quantitative estimate of drug-likeness (QED) is 0.565. The van der Waals surface area contributed by atoms with Crippen molar-refractivity contribution in [2.75, 3.05) is 31.1 Å². The van der Waals surface area contributed by atoms with Gasteiger partial charge in [-0.1, -0.05) is 36.4 Å². The van der Waals surface area contributed by atoms with Crippen LogP contribution in [0.5, 0.6) is 0 Å². The van der Waals surface area contributed by atoms with E-state index in [0.29, 0.717) is 26.2 Å². The van der Waals surface area contributed by atoms with E-state index >= 15 is 0 Å². The molecule has 0 aromatic heterocycles. The third-order valence-corrected chi connectivity index (χ3v) is 6.63. The average molecular weight is 483 g/mol. The fraction of sp³-hybridized carbons (Fsp3) is 0.423.